The lowest BCUT2D eigenvalue weighted by molar-refractivity contribution is 0.684. The normalized spacial score (nSPS) is 10.9. The van der Waals surface area contributed by atoms with Crippen LogP contribution in [-0.4, -0.2) is 16.7 Å². The summed E-state index contributed by atoms with van der Waals surface area (Å²) in [6.45, 7) is 5.22. The summed E-state index contributed by atoms with van der Waals surface area (Å²) in [5.41, 5.74) is 0.625. The van der Waals surface area contributed by atoms with E-state index in [1.165, 1.54) is 0 Å². The Hall–Kier alpha value is -0.310. The molecule has 0 saturated heterocycles. The molecule has 0 radical (unpaired) electrons. The van der Waals surface area contributed by atoms with Crippen LogP contribution in [-0.2, 0) is 9.73 Å². The molecule has 0 aliphatic rings. The SMILES string of the molecule is C=C(C)N=S(C)(C)=O. The van der Waals surface area contributed by atoms with Crippen molar-refractivity contribution in [3.05, 3.63) is 12.3 Å². The minimum atomic E-state index is -1.95. The molecule has 8 heavy (non-hydrogen) atoms. The molecule has 0 heterocycles. The molecule has 3 heteroatoms. The summed E-state index contributed by atoms with van der Waals surface area (Å²) in [7, 11) is -1.95. The van der Waals surface area contributed by atoms with Gasteiger partial charge in [-0.3, -0.25) is 0 Å². The second-order valence-electron chi connectivity index (χ2n) is 2.01. The molecule has 0 aromatic carbocycles. The highest BCUT2D eigenvalue weighted by Crippen LogP contribution is 1.93. The van der Waals surface area contributed by atoms with Crippen LogP contribution < -0.4 is 0 Å². The van der Waals surface area contributed by atoms with Crippen LogP contribution in [0.15, 0.2) is 16.6 Å². The Morgan fingerprint density at radius 3 is 2.00 bits per heavy atom. The number of rotatable bonds is 1. The van der Waals surface area contributed by atoms with E-state index in [0.29, 0.717) is 5.70 Å². The van der Waals surface area contributed by atoms with Crippen LogP contribution in [0.4, 0.5) is 0 Å². The first-order valence-electron chi connectivity index (χ1n) is 2.24. The Balaban J connectivity index is 4.44. The monoisotopic (exact) mass is 133 g/mol. The van der Waals surface area contributed by atoms with E-state index in [1.54, 1.807) is 19.4 Å². The zero-order chi connectivity index (χ0) is 6.78. The summed E-state index contributed by atoms with van der Waals surface area (Å²) in [6, 6.07) is 0. The van der Waals surface area contributed by atoms with Crippen LogP contribution in [0.5, 0.6) is 0 Å². The van der Waals surface area contributed by atoms with Gasteiger partial charge in [0, 0.05) is 27.9 Å². The van der Waals surface area contributed by atoms with E-state index < -0.39 is 9.73 Å². The highest BCUT2D eigenvalue weighted by atomic mass is 32.2. The van der Waals surface area contributed by atoms with Crippen molar-refractivity contribution in [1.29, 1.82) is 0 Å². The quantitative estimate of drug-likeness (QED) is 0.529. The fourth-order valence-electron chi connectivity index (χ4n) is 0.375. The molecule has 0 rings (SSSR count). The first-order chi connectivity index (χ1) is 3.42. The highest BCUT2D eigenvalue weighted by Gasteiger charge is 1.85. The van der Waals surface area contributed by atoms with Gasteiger partial charge < -0.3 is 0 Å². The topological polar surface area (TPSA) is 29.4 Å². The molecule has 0 bridgehead atoms. The lowest BCUT2D eigenvalue weighted by Gasteiger charge is -1.90. The van der Waals surface area contributed by atoms with Crippen molar-refractivity contribution in [2.75, 3.05) is 12.5 Å². The first kappa shape index (κ1) is 7.69. The van der Waals surface area contributed by atoms with E-state index in [9.17, 15) is 4.21 Å². The summed E-state index contributed by atoms with van der Waals surface area (Å²) in [4.78, 5) is 0. The fraction of sp³-hybridized carbons (Fsp3) is 0.600. The van der Waals surface area contributed by atoms with Gasteiger partial charge >= 0.3 is 0 Å². The third-order valence-electron chi connectivity index (χ3n) is 0.376. The predicted molar refractivity (Wildman–Crippen MR) is 37.2 cm³/mol. The second kappa shape index (κ2) is 2.31. The molecule has 0 aromatic heterocycles. The van der Waals surface area contributed by atoms with Gasteiger partial charge in [0.25, 0.3) is 0 Å². The van der Waals surface area contributed by atoms with Crippen molar-refractivity contribution in [2.24, 2.45) is 4.36 Å². The van der Waals surface area contributed by atoms with E-state index in [-0.39, 0.29) is 0 Å². The van der Waals surface area contributed by atoms with Crippen LogP contribution >= 0.6 is 0 Å². The maximum absolute atomic E-state index is 10.8. The second-order valence-corrected chi connectivity index (χ2v) is 4.55. The van der Waals surface area contributed by atoms with Crippen molar-refractivity contribution >= 4 is 9.73 Å². The minimum Gasteiger partial charge on any atom is -0.250 e. The average Bonchev–Trinajstić information content (AvgIpc) is 1.21. The van der Waals surface area contributed by atoms with Gasteiger partial charge in [-0.15, -0.1) is 0 Å². The van der Waals surface area contributed by atoms with E-state index >= 15 is 0 Å². The summed E-state index contributed by atoms with van der Waals surface area (Å²) in [5, 5.41) is 0. The van der Waals surface area contributed by atoms with E-state index in [4.69, 9.17) is 0 Å². The minimum absolute atomic E-state index is 0.625. The molecule has 0 unspecified atom stereocenters. The van der Waals surface area contributed by atoms with Crippen LogP contribution in [0.3, 0.4) is 0 Å². The fourth-order valence-corrected chi connectivity index (χ4v) is 1.13. The molecular weight excluding hydrogens is 122 g/mol. The predicted octanol–water partition coefficient (Wildman–Crippen LogP) is 1.25. The smallest absolute Gasteiger partial charge is 0.0454 e. The molecule has 0 aromatic rings. The zero-order valence-corrected chi connectivity index (χ0v) is 6.29. The lowest BCUT2D eigenvalue weighted by atomic mass is 10.6. The number of hydrogen-bond donors (Lipinski definition) is 0. The maximum atomic E-state index is 10.8. The molecule has 0 amide bonds. The molecule has 0 fully saturated rings. The zero-order valence-electron chi connectivity index (χ0n) is 5.47. The van der Waals surface area contributed by atoms with Crippen molar-refractivity contribution in [1.82, 2.24) is 0 Å². The third-order valence-corrected chi connectivity index (χ3v) is 1.13. The van der Waals surface area contributed by atoms with Crippen LogP contribution in [0, 0.1) is 0 Å². The maximum Gasteiger partial charge on any atom is 0.0454 e. The number of hydrogen-bond acceptors (Lipinski definition) is 2. The highest BCUT2D eigenvalue weighted by molar-refractivity contribution is 7.92. The Morgan fingerprint density at radius 2 is 2.00 bits per heavy atom. The molecule has 0 atom stereocenters. The van der Waals surface area contributed by atoms with E-state index in [0.717, 1.165) is 0 Å². The number of allylic oxidation sites excluding steroid dienone is 1. The van der Waals surface area contributed by atoms with Crippen molar-refractivity contribution in [3.8, 4) is 0 Å². The van der Waals surface area contributed by atoms with Gasteiger partial charge in [0.1, 0.15) is 0 Å². The van der Waals surface area contributed by atoms with Gasteiger partial charge in [-0.1, -0.05) is 6.58 Å². The van der Waals surface area contributed by atoms with E-state index in [1.807, 2.05) is 0 Å². The molecule has 0 N–H and O–H groups in total. The standard InChI is InChI=1S/C5H11NOS/c1-5(2)6-8(3,4)7/h1H2,2-4H3. The van der Waals surface area contributed by atoms with Crippen LogP contribution in [0.2, 0.25) is 0 Å². The molecular formula is C5H11NOS. The summed E-state index contributed by atoms with van der Waals surface area (Å²) < 4.78 is 14.5. The van der Waals surface area contributed by atoms with Gasteiger partial charge in [-0.25, -0.2) is 8.57 Å². The van der Waals surface area contributed by atoms with Gasteiger partial charge in [-0.2, -0.15) is 0 Å². The van der Waals surface area contributed by atoms with Gasteiger partial charge in [0.15, 0.2) is 0 Å². The summed E-state index contributed by atoms with van der Waals surface area (Å²) in [6.07, 6.45) is 3.17. The Labute approximate surface area is 50.8 Å². The Morgan fingerprint density at radius 1 is 1.62 bits per heavy atom. The van der Waals surface area contributed by atoms with Gasteiger partial charge in [0.05, 0.1) is 0 Å². The van der Waals surface area contributed by atoms with Crippen molar-refractivity contribution < 1.29 is 4.21 Å². The molecule has 48 valence electrons. The van der Waals surface area contributed by atoms with Gasteiger partial charge in [0.2, 0.25) is 0 Å². The average molecular weight is 133 g/mol. The van der Waals surface area contributed by atoms with Gasteiger partial charge in [-0.05, 0) is 6.92 Å². The Bertz CT molecular complexity index is 190. The summed E-state index contributed by atoms with van der Waals surface area (Å²) in [5.74, 6) is 0. The van der Waals surface area contributed by atoms with E-state index in [2.05, 4.69) is 10.9 Å². The van der Waals surface area contributed by atoms with Crippen molar-refractivity contribution in [3.63, 3.8) is 0 Å². The van der Waals surface area contributed by atoms with Crippen molar-refractivity contribution in [2.45, 2.75) is 6.92 Å². The molecule has 0 spiro atoms. The Kier molecular flexibility index (Phi) is 2.22. The van der Waals surface area contributed by atoms with Crippen LogP contribution in [0.25, 0.3) is 0 Å². The molecule has 0 aliphatic heterocycles. The summed E-state index contributed by atoms with van der Waals surface area (Å²) >= 11 is 0. The first-order valence-corrected chi connectivity index (χ1v) is 4.57. The molecule has 0 saturated carbocycles. The van der Waals surface area contributed by atoms with Crippen LogP contribution in [0.1, 0.15) is 6.92 Å². The molecule has 2 nitrogen and oxygen atoms in total. The number of nitrogens with zero attached hydrogens (tertiary/aromatic N) is 1. The third kappa shape index (κ3) is 5.69. The molecule has 0 aliphatic carbocycles. The largest absolute Gasteiger partial charge is 0.250 e. The lowest BCUT2D eigenvalue weighted by Crippen LogP contribution is -1.89.